The van der Waals surface area contributed by atoms with E-state index in [-0.39, 0.29) is 0 Å². The van der Waals surface area contributed by atoms with Gasteiger partial charge in [-0.15, -0.1) is 0 Å². The van der Waals surface area contributed by atoms with Crippen LogP contribution in [0, 0.1) is 6.92 Å². The topological polar surface area (TPSA) is 81.4 Å². The summed E-state index contributed by atoms with van der Waals surface area (Å²) in [7, 11) is 0. The van der Waals surface area contributed by atoms with Crippen LogP contribution in [0.15, 0.2) is 42.7 Å². The number of aryl methyl sites for hydroxylation is 1. The maximum atomic E-state index is 4.28. The number of tetrazole rings is 1. The molecule has 100 valence electrons. The molecule has 3 aromatic rings. The lowest BCUT2D eigenvalue weighted by atomic mass is 10.3. The molecular formula is C13H13N7. The number of aromatic nitrogens is 6. The van der Waals surface area contributed by atoms with Crippen molar-refractivity contribution in [2.75, 3.05) is 5.32 Å². The summed E-state index contributed by atoms with van der Waals surface area (Å²) in [6, 6.07) is 9.70. The molecule has 7 heteroatoms. The molecule has 0 aliphatic carbocycles. The summed E-state index contributed by atoms with van der Waals surface area (Å²) in [6.45, 7) is 2.42. The first-order valence-corrected chi connectivity index (χ1v) is 6.18. The number of benzene rings is 1. The molecule has 2 aromatic heterocycles. The molecular weight excluding hydrogens is 254 g/mol. The van der Waals surface area contributed by atoms with Crippen LogP contribution < -0.4 is 5.32 Å². The van der Waals surface area contributed by atoms with E-state index >= 15 is 0 Å². The Labute approximate surface area is 115 Å². The summed E-state index contributed by atoms with van der Waals surface area (Å²) in [4.78, 5) is 8.48. The monoisotopic (exact) mass is 267 g/mol. The van der Waals surface area contributed by atoms with Crippen LogP contribution in [0.3, 0.4) is 0 Å². The Morgan fingerprint density at radius 1 is 1.10 bits per heavy atom. The fourth-order valence-electron chi connectivity index (χ4n) is 1.72. The Bertz CT molecular complexity index is 675. The van der Waals surface area contributed by atoms with Crippen molar-refractivity contribution >= 4 is 5.95 Å². The minimum Gasteiger partial charge on any atom is -0.347 e. The van der Waals surface area contributed by atoms with Gasteiger partial charge in [0.15, 0.2) is 0 Å². The third kappa shape index (κ3) is 2.61. The van der Waals surface area contributed by atoms with E-state index in [2.05, 4.69) is 30.8 Å². The van der Waals surface area contributed by atoms with E-state index in [0.29, 0.717) is 12.5 Å². The number of para-hydroxylation sites is 1. The molecule has 7 nitrogen and oxygen atoms in total. The van der Waals surface area contributed by atoms with E-state index in [1.807, 2.05) is 37.3 Å². The van der Waals surface area contributed by atoms with Crippen LogP contribution >= 0.6 is 0 Å². The normalized spacial score (nSPS) is 10.4. The first-order chi connectivity index (χ1) is 9.83. The molecule has 0 amide bonds. The third-order valence-corrected chi connectivity index (χ3v) is 2.73. The molecule has 0 spiro atoms. The van der Waals surface area contributed by atoms with Crippen LogP contribution in [0.2, 0.25) is 0 Å². The average Bonchev–Trinajstić information content (AvgIpc) is 2.96. The summed E-state index contributed by atoms with van der Waals surface area (Å²) >= 11 is 0. The highest BCUT2D eigenvalue weighted by molar-refractivity contribution is 5.38. The second kappa shape index (κ2) is 5.43. The summed E-state index contributed by atoms with van der Waals surface area (Å²) in [5.74, 6) is 0.568. The molecule has 0 atom stereocenters. The molecule has 2 heterocycles. The zero-order chi connectivity index (χ0) is 13.8. The summed E-state index contributed by atoms with van der Waals surface area (Å²) in [5, 5.41) is 14.8. The van der Waals surface area contributed by atoms with Gasteiger partial charge >= 0.3 is 0 Å². The van der Waals surface area contributed by atoms with Gasteiger partial charge < -0.3 is 5.32 Å². The lowest BCUT2D eigenvalue weighted by Crippen LogP contribution is -2.08. The number of anilines is 1. The van der Waals surface area contributed by atoms with E-state index in [0.717, 1.165) is 17.1 Å². The number of hydrogen-bond donors (Lipinski definition) is 1. The smallest absolute Gasteiger partial charge is 0.248 e. The molecule has 0 fully saturated rings. The average molecular weight is 267 g/mol. The van der Waals surface area contributed by atoms with Gasteiger partial charge in [-0.3, -0.25) is 9.97 Å². The lowest BCUT2D eigenvalue weighted by Gasteiger charge is -2.06. The molecule has 0 saturated heterocycles. The SMILES string of the molecule is Cc1cnc(CNc2nnnn2-c2ccccc2)cn1. The predicted octanol–water partition coefficient (Wildman–Crippen LogP) is 1.37. The van der Waals surface area contributed by atoms with Gasteiger partial charge in [-0.1, -0.05) is 23.3 Å². The van der Waals surface area contributed by atoms with Crippen LogP contribution in [-0.4, -0.2) is 30.2 Å². The van der Waals surface area contributed by atoms with Crippen molar-refractivity contribution < 1.29 is 0 Å². The van der Waals surface area contributed by atoms with Gasteiger partial charge in [0.1, 0.15) is 0 Å². The van der Waals surface area contributed by atoms with Crippen LogP contribution in [0.4, 0.5) is 5.95 Å². The molecule has 20 heavy (non-hydrogen) atoms. The van der Waals surface area contributed by atoms with Crippen molar-refractivity contribution in [1.82, 2.24) is 30.2 Å². The van der Waals surface area contributed by atoms with Gasteiger partial charge in [0.25, 0.3) is 0 Å². The first-order valence-electron chi connectivity index (χ1n) is 6.18. The molecule has 0 aliphatic heterocycles. The quantitative estimate of drug-likeness (QED) is 0.769. The van der Waals surface area contributed by atoms with E-state index in [4.69, 9.17) is 0 Å². The van der Waals surface area contributed by atoms with Crippen LogP contribution in [0.5, 0.6) is 0 Å². The molecule has 0 aliphatic rings. The highest BCUT2D eigenvalue weighted by Gasteiger charge is 2.07. The van der Waals surface area contributed by atoms with E-state index < -0.39 is 0 Å². The van der Waals surface area contributed by atoms with Gasteiger partial charge in [0.2, 0.25) is 5.95 Å². The van der Waals surface area contributed by atoms with Crippen LogP contribution in [0.25, 0.3) is 5.69 Å². The van der Waals surface area contributed by atoms with E-state index in [1.54, 1.807) is 17.1 Å². The second-order valence-corrected chi connectivity index (χ2v) is 4.25. The van der Waals surface area contributed by atoms with Gasteiger partial charge in [-0.25, -0.2) is 0 Å². The highest BCUT2D eigenvalue weighted by Crippen LogP contribution is 2.11. The van der Waals surface area contributed by atoms with Gasteiger partial charge in [0, 0.05) is 6.20 Å². The minimum atomic E-state index is 0.514. The molecule has 1 aromatic carbocycles. The Balaban J connectivity index is 1.76. The van der Waals surface area contributed by atoms with Crippen molar-refractivity contribution in [3.63, 3.8) is 0 Å². The van der Waals surface area contributed by atoms with E-state index in [1.165, 1.54) is 0 Å². The Kier molecular flexibility index (Phi) is 3.32. The predicted molar refractivity (Wildman–Crippen MR) is 73.2 cm³/mol. The minimum absolute atomic E-state index is 0.514. The second-order valence-electron chi connectivity index (χ2n) is 4.25. The zero-order valence-electron chi connectivity index (χ0n) is 10.9. The fourth-order valence-corrected chi connectivity index (χ4v) is 1.72. The first kappa shape index (κ1) is 12.2. The molecule has 0 saturated carbocycles. The molecule has 0 bridgehead atoms. The van der Waals surface area contributed by atoms with Crippen LogP contribution in [-0.2, 0) is 6.54 Å². The lowest BCUT2D eigenvalue weighted by molar-refractivity contribution is 0.788. The van der Waals surface area contributed by atoms with Crippen molar-refractivity contribution in [2.45, 2.75) is 13.5 Å². The van der Waals surface area contributed by atoms with E-state index in [9.17, 15) is 0 Å². The van der Waals surface area contributed by atoms with Crippen molar-refractivity contribution in [3.05, 3.63) is 54.1 Å². The Morgan fingerprint density at radius 3 is 2.70 bits per heavy atom. The van der Waals surface area contributed by atoms with Gasteiger partial charge in [-0.05, 0) is 29.5 Å². The summed E-state index contributed by atoms with van der Waals surface area (Å²) in [6.07, 6.45) is 3.47. The maximum Gasteiger partial charge on any atom is 0.248 e. The highest BCUT2D eigenvalue weighted by atomic mass is 15.6. The number of hydrogen-bond acceptors (Lipinski definition) is 6. The molecule has 0 radical (unpaired) electrons. The van der Waals surface area contributed by atoms with Crippen molar-refractivity contribution in [3.8, 4) is 5.69 Å². The van der Waals surface area contributed by atoms with Crippen molar-refractivity contribution in [1.29, 1.82) is 0 Å². The van der Waals surface area contributed by atoms with Crippen molar-refractivity contribution in [2.24, 2.45) is 0 Å². The Morgan fingerprint density at radius 2 is 1.95 bits per heavy atom. The third-order valence-electron chi connectivity index (χ3n) is 2.73. The zero-order valence-corrected chi connectivity index (χ0v) is 10.9. The molecule has 3 rings (SSSR count). The van der Waals surface area contributed by atoms with Gasteiger partial charge in [-0.2, -0.15) is 4.68 Å². The fraction of sp³-hybridized carbons (Fsp3) is 0.154. The summed E-state index contributed by atoms with van der Waals surface area (Å²) in [5.41, 5.74) is 2.62. The van der Waals surface area contributed by atoms with Crippen LogP contribution in [0.1, 0.15) is 11.4 Å². The summed E-state index contributed by atoms with van der Waals surface area (Å²) < 4.78 is 1.64. The largest absolute Gasteiger partial charge is 0.347 e. The molecule has 1 N–H and O–H groups in total. The number of nitrogens with zero attached hydrogens (tertiary/aromatic N) is 6. The maximum absolute atomic E-state index is 4.28. The number of rotatable bonds is 4. The van der Waals surface area contributed by atoms with Gasteiger partial charge in [0.05, 0.1) is 29.8 Å². The standard InChI is InChI=1S/C13H13N7/c1-10-7-15-11(8-14-10)9-16-13-17-18-19-20(13)12-5-3-2-4-6-12/h2-8H,9H2,1H3,(H,16,17,19). The number of nitrogens with one attached hydrogen (secondary N) is 1. The molecule has 0 unspecified atom stereocenters. The Hall–Kier alpha value is -2.83.